The van der Waals surface area contributed by atoms with E-state index in [0.29, 0.717) is 16.7 Å². The summed E-state index contributed by atoms with van der Waals surface area (Å²) >= 11 is 5.72. The summed E-state index contributed by atoms with van der Waals surface area (Å²) in [7, 11) is 0. The number of piperidine rings is 1. The molecule has 0 spiro atoms. The van der Waals surface area contributed by atoms with E-state index < -0.39 is 47.4 Å². The molecule has 2 heterocycles. The summed E-state index contributed by atoms with van der Waals surface area (Å²) in [6.45, 7) is -0.0258. The molecule has 0 aromatic heterocycles. The Morgan fingerprint density at radius 3 is 2.59 bits per heavy atom. The quantitative estimate of drug-likeness (QED) is 0.668. The van der Waals surface area contributed by atoms with Crippen LogP contribution in [0.25, 0.3) is 0 Å². The SMILES string of the molecule is [2H][C@]1(N2Cc3cc(CCC(=O)C(F)(F)c4ccc(Cl)cc4)ccc3C2=O)CCC(=O)NC1=O. The molecule has 0 radical (unpaired) electrons. The van der Waals surface area contributed by atoms with Gasteiger partial charge in [0.1, 0.15) is 6.02 Å². The maximum absolute atomic E-state index is 14.5. The Balaban J connectivity index is 1.46. The summed E-state index contributed by atoms with van der Waals surface area (Å²) < 4.78 is 37.5. The number of ketones is 1. The van der Waals surface area contributed by atoms with Crippen LogP contribution in [0.2, 0.25) is 5.02 Å². The summed E-state index contributed by atoms with van der Waals surface area (Å²) in [6, 6.07) is 7.60. The molecule has 2 aliphatic rings. The minimum atomic E-state index is -3.66. The number of fused-ring (bicyclic) bond motifs is 1. The number of imide groups is 1. The van der Waals surface area contributed by atoms with E-state index in [9.17, 15) is 28.0 Å². The summed E-state index contributed by atoms with van der Waals surface area (Å²) in [5.41, 5.74) is 0.974. The average molecular weight is 462 g/mol. The molecule has 166 valence electrons. The number of rotatable bonds is 6. The zero-order chi connectivity index (χ0) is 24.0. The van der Waals surface area contributed by atoms with Crippen LogP contribution in [0.1, 0.15) is 47.7 Å². The van der Waals surface area contributed by atoms with Gasteiger partial charge in [-0.25, -0.2) is 0 Å². The first-order valence-corrected chi connectivity index (χ1v) is 10.4. The van der Waals surface area contributed by atoms with E-state index in [1.165, 1.54) is 18.2 Å². The average Bonchev–Trinajstić information content (AvgIpc) is 3.11. The molecule has 1 saturated heterocycles. The second-order valence-electron chi connectivity index (χ2n) is 7.71. The summed E-state index contributed by atoms with van der Waals surface area (Å²) in [5.74, 6) is -6.75. The van der Waals surface area contributed by atoms with Crippen molar-refractivity contribution in [1.82, 2.24) is 10.2 Å². The first kappa shape index (κ1) is 20.8. The molecule has 0 aliphatic carbocycles. The summed E-state index contributed by atoms with van der Waals surface area (Å²) in [4.78, 5) is 49.8. The molecule has 1 atom stereocenters. The maximum Gasteiger partial charge on any atom is 0.330 e. The normalized spacial score (nSPS) is 21.3. The van der Waals surface area contributed by atoms with Crippen LogP contribution in [0.5, 0.6) is 0 Å². The van der Waals surface area contributed by atoms with Crippen molar-refractivity contribution >= 4 is 35.1 Å². The van der Waals surface area contributed by atoms with E-state index in [4.69, 9.17) is 13.0 Å². The second-order valence-corrected chi connectivity index (χ2v) is 8.15. The van der Waals surface area contributed by atoms with Crippen molar-refractivity contribution in [2.75, 3.05) is 0 Å². The van der Waals surface area contributed by atoms with Crippen LogP contribution in [-0.2, 0) is 33.3 Å². The van der Waals surface area contributed by atoms with Crippen LogP contribution in [0.3, 0.4) is 0 Å². The number of hydrogen-bond acceptors (Lipinski definition) is 4. The number of Topliss-reactive ketones (excluding diaryl/α,β-unsaturated/α-hetero) is 1. The third-order valence-electron chi connectivity index (χ3n) is 5.60. The number of halogens is 3. The van der Waals surface area contributed by atoms with Gasteiger partial charge in [0.2, 0.25) is 17.6 Å². The van der Waals surface area contributed by atoms with Gasteiger partial charge in [-0.15, -0.1) is 0 Å². The lowest BCUT2D eigenvalue weighted by Gasteiger charge is -2.29. The molecular weight excluding hydrogens is 442 g/mol. The fourth-order valence-corrected chi connectivity index (χ4v) is 3.97. The first-order chi connectivity index (χ1) is 15.5. The first-order valence-electron chi connectivity index (χ1n) is 10.5. The van der Waals surface area contributed by atoms with Crippen LogP contribution in [-0.4, -0.2) is 34.4 Å². The topological polar surface area (TPSA) is 83.6 Å². The van der Waals surface area contributed by atoms with Crippen LogP contribution in [0, 0.1) is 0 Å². The summed E-state index contributed by atoms with van der Waals surface area (Å²) in [5, 5.41) is 2.38. The molecule has 0 unspecified atom stereocenters. The van der Waals surface area contributed by atoms with E-state index in [1.54, 1.807) is 12.1 Å². The minimum Gasteiger partial charge on any atom is -0.322 e. The molecular formula is C23H19ClF2N2O4. The van der Waals surface area contributed by atoms with Crippen molar-refractivity contribution in [2.24, 2.45) is 0 Å². The lowest BCUT2D eigenvalue weighted by atomic mass is 9.97. The van der Waals surface area contributed by atoms with E-state index in [-0.39, 0.29) is 30.8 Å². The minimum absolute atomic E-state index is 0.0258. The predicted molar refractivity (Wildman–Crippen MR) is 111 cm³/mol. The number of nitrogens with one attached hydrogen (secondary N) is 1. The molecule has 2 aliphatic heterocycles. The van der Waals surface area contributed by atoms with Crippen LogP contribution < -0.4 is 5.32 Å². The smallest absolute Gasteiger partial charge is 0.322 e. The van der Waals surface area contributed by atoms with E-state index in [1.807, 2.05) is 0 Å². The Labute approximate surface area is 188 Å². The molecule has 1 N–H and O–H groups in total. The molecule has 32 heavy (non-hydrogen) atoms. The van der Waals surface area contributed by atoms with Crippen LogP contribution in [0.4, 0.5) is 8.78 Å². The van der Waals surface area contributed by atoms with Crippen molar-refractivity contribution in [1.29, 1.82) is 0 Å². The fraction of sp³-hybridized carbons (Fsp3) is 0.304. The number of carbonyl (C=O) groups excluding carboxylic acids is 4. The zero-order valence-corrected chi connectivity index (χ0v) is 17.5. The largest absolute Gasteiger partial charge is 0.330 e. The molecule has 1 fully saturated rings. The molecule has 0 saturated carbocycles. The number of hydrogen-bond donors (Lipinski definition) is 1. The molecule has 6 nitrogen and oxygen atoms in total. The van der Waals surface area contributed by atoms with E-state index >= 15 is 0 Å². The number of amides is 3. The van der Waals surface area contributed by atoms with Crippen molar-refractivity contribution in [3.05, 3.63) is 69.7 Å². The van der Waals surface area contributed by atoms with Gasteiger partial charge < -0.3 is 4.90 Å². The van der Waals surface area contributed by atoms with Crippen molar-refractivity contribution in [2.45, 2.75) is 44.2 Å². The van der Waals surface area contributed by atoms with Crippen molar-refractivity contribution in [3.63, 3.8) is 0 Å². The van der Waals surface area contributed by atoms with Crippen molar-refractivity contribution < 1.29 is 29.3 Å². The Hall–Kier alpha value is -3.13. The predicted octanol–water partition coefficient (Wildman–Crippen LogP) is 3.39. The third-order valence-corrected chi connectivity index (χ3v) is 5.85. The van der Waals surface area contributed by atoms with Crippen LogP contribution >= 0.6 is 11.6 Å². The lowest BCUT2D eigenvalue weighted by molar-refractivity contribution is -0.144. The summed E-state index contributed by atoms with van der Waals surface area (Å²) in [6.07, 6.45) is -0.549. The highest BCUT2D eigenvalue weighted by Gasteiger charge is 2.41. The number of aryl methyl sites for hydroxylation is 1. The van der Waals surface area contributed by atoms with Gasteiger partial charge in [-0.1, -0.05) is 35.9 Å². The van der Waals surface area contributed by atoms with Gasteiger partial charge in [-0.3, -0.25) is 24.5 Å². The van der Waals surface area contributed by atoms with Gasteiger partial charge in [-0.05, 0) is 42.2 Å². The number of carbonyl (C=O) groups is 4. The van der Waals surface area contributed by atoms with Crippen molar-refractivity contribution in [3.8, 4) is 0 Å². The molecule has 2 aromatic rings. The number of nitrogens with zero attached hydrogens (tertiary/aromatic N) is 1. The molecule has 0 bridgehead atoms. The Kier molecular flexibility index (Phi) is 5.46. The van der Waals surface area contributed by atoms with E-state index in [2.05, 4.69) is 5.32 Å². The maximum atomic E-state index is 14.5. The zero-order valence-electron chi connectivity index (χ0n) is 17.8. The van der Waals surface area contributed by atoms with Gasteiger partial charge in [0.05, 0.1) is 1.37 Å². The monoisotopic (exact) mass is 461 g/mol. The lowest BCUT2D eigenvalue weighted by Crippen LogP contribution is -2.52. The fourth-order valence-electron chi connectivity index (χ4n) is 3.85. The Bertz CT molecular complexity index is 1170. The highest BCUT2D eigenvalue weighted by atomic mass is 35.5. The molecule has 2 aromatic carbocycles. The second kappa shape index (κ2) is 8.43. The highest BCUT2D eigenvalue weighted by molar-refractivity contribution is 6.30. The van der Waals surface area contributed by atoms with Gasteiger partial charge in [0.15, 0.2) is 0 Å². The van der Waals surface area contributed by atoms with Crippen LogP contribution in [0.15, 0.2) is 42.5 Å². The van der Waals surface area contributed by atoms with Gasteiger partial charge in [0, 0.05) is 35.5 Å². The van der Waals surface area contributed by atoms with Gasteiger partial charge in [0.25, 0.3) is 5.91 Å². The standard InChI is InChI=1S/C23H19ClF2N2O4/c24-16-5-3-15(4-6-16)23(25,26)19(29)9-2-13-1-7-17-14(11-13)12-28(22(17)32)18-8-10-20(30)27-21(18)31/h1,3-7,11,18H,2,8-10,12H2,(H,27,30,31)/t18-/m0/s1/i18D. The number of benzene rings is 2. The highest BCUT2D eigenvalue weighted by Crippen LogP contribution is 2.32. The molecule has 9 heteroatoms. The van der Waals surface area contributed by atoms with Gasteiger partial charge >= 0.3 is 5.92 Å². The molecule has 4 rings (SSSR count). The third kappa shape index (κ3) is 4.14. The van der Waals surface area contributed by atoms with Gasteiger partial charge in [-0.2, -0.15) is 8.78 Å². The Morgan fingerprint density at radius 2 is 1.91 bits per heavy atom. The Morgan fingerprint density at radius 1 is 1.19 bits per heavy atom. The molecule has 3 amide bonds. The van der Waals surface area contributed by atoms with E-state index in [0.717, 1.165) is 17.0 Å². The number of alkyl halides is 2.